The molecule has 0 aromatic carbocycles. The van der Waals surface area contributed by atoms with Gasteiger partial charge in [-0.25, -0.2) is 4.79 Å². The summed E-state index contributed by atoms with van der Waals surface area (Å²) in [5.41, 5.74) is -0.938. The smallest absolute Gasteiger partial charge is 0.337 e. The Morgan fingerprint density at radius 2 is 1.58 bits per heavy atom. The molecule has 0 aliphatic carbocycles. The van der Waals surface area contributed by atoms with Crippen molar-refractivity contribution in [3.63, 3.8) is 0 Å². The number of esters is 1. The highest BCUT2D eigenvalue weighted by molar-refractivity contribution is 7.54. The Balaban J connectivity index is 5.25. The highest BCUT2D eigenvalue weighted by Crippen LogP contribution is 2.56. The molecule has 0 bridgehead atoms. The molecule has 7 heteroatoms. The average molecular weight is 296 g/mol. The molecule has 0 amide bonds. The molecule has 6 nitrogen and oxygen atoms in total. The van der Waals surface area contributed by atoms with Crippen molar-refractivity contribution in [2.45, 2.75) is 46.4 Å². The van der Waals surface area contributed by atoms with Crippen molar-refractivity contribution in [2.75, 3.05) is 19.8 Å². The summed E-state index contributed by atoms with van der Waals surface area (Å²) < 4.78 is 27.9. The van der Waals surface area contributed by atoms with Crippen molar-refractivity contribution in [1.29, 1.82) is 0 Å². The van der Waals surface area contributed by atoms with Crippen molar-refractivity contribution in [3.05, 3.63) is 0 Å². The van der Waals surface area contributed by atoms with Gasteiger partial charge in [0.2, 0.25) is 0 Å². The van der Waals surface area contributed by atoms with E-state index in [1.54, 1.807) is 34.6 Å². The van der Waals surface area contributed by atoms with E-state index in [-0.39, 0.29) is 25.7 Å². The zero-order valence-corrected chi connectivity index (χ0v) is 13.2. The molecule has 0 spiro atoms. The molecule has 0 radical (unpaired) electrons. The van der Waals surface area contributed by atoms with Crippen LogP contribution in [0.2, 0.25) is 0 Å². The summed E-state index contributed by atoms with van der Waals surface area (Å²) in [6, 6.07) is 0. The van der Waals surface area contributed by atoms with Crippen LogP contribution in [-0.2, 0) is 23.1 Å². The largest absolute Gasteiger partial charge is 0.464 e. The Bertz CT molecular complexity index is 307. The second-order valence-corrected chi connectivity index (χ2v) is 6.50. The number of rotatable bonds is 9. The molecule has 0 aromatic rings. The monoisotopic (exact) mass is 296 g/mol. The van der Waals surface area contributed by atoms with Crippen LogP contribution >= 0.6 is 7.60 Å². The fourth-order valence-corrected chi connectivity index (χ4v) is 4.18. The van der Waals surface area contributed by atoms with E-state index < -0.39 is 25.3 Å². The van der Waals surface area contributed by atoms with Gasteiger partial charge in [-0.15, -0.1) is 0 Å². The first-order valence-corrected chi connectivity index (χ1v) is 8.18. The lowest BCUT2D eigenvalue weighted by Crippen LogP contribution is -2.39. The Morgan fingerprint density at radius 3 is 1.89 bits per heavy atom. The Labute approximate surface area is 115 Å². The first-order valence-electron chi connectivity index (χ1n) is 6.57. The fraction of sp³-hybridized carbons (Fsp3) is 0.917. The van der Waals surface area contributed by atoms with Crippen LogP contribution in [-0.4, -0.2) is 42.7 Å². The van der Waals surface area contributed by atoms with Gasteiger partial charge in [0.1, 0.15) is 5.66 Å². The molecule has 0 fully saturated rings. The lowest BCUT2D eigenvalue weighted by Gasteiger charge is -2.31. The third kappa shape index (κ3) is 5.22. The van der Waals surface area contributed by atoms with Crippen LogP contribution in [0.15, 0.2) is 0 Å². The van der Waals surface area contributed by atoms with Gasteiger partial charge in [-0.3, -0.25) is 4.57 Å². The highest BCUT2D eigenvalue weighted by Gasteiger charge is 2.46. The van der Waals surface area contributed by atoms with Crippen LogP contribution in [0.4, 0.5) is 0 Å². The van der Waals surface area contributed by atoms with Crippen LogP contribution in [0.3, 0.4) is 0 Å². The highest BCUT2D eigenvalue weighted by atomic mass is 31.2. The van der Waals surface area contributed by atoms with Crippen molar-refractivity contribution >= 4 is 13.6 Å². The van der Waals surface area contributed by atoms with Gasteiger partial charge in [0, 0.05) is 0 Å². The Hall–Kier alpha value is -0.420. The quantitative estimate of drug-likeness (QED) is 0.519. The molecule has 0 aliphatic rings. The zero-order valence-electron chi connectivity index (χ0n) is 12.3. The molecule has 0 unspecified atom stereocenters. The second kappa shape index (κ2) is 8.69. The summed E-state index contributed by atoms with van der Waals surface area (Å²) in [6.45, 7) is 9.00. The number of hydrogen-bond acceptors (Lipinski definition) is 6. The van der Waals surface area contributed by atoms with Gasteiger partial charge in [-0.05, 0) is 26.7 Å². The van der Waals surface area contributed by atoms with Gasteiger partial charge in [-0.1, -0.05) is 13.8 Å². The average Bonchev–Trinajstić information content (AvgIpc) is 2.29. The van der Waals surface area contributed by atoms with E-state index in [2.05, 4.69) is 0 Å². The summed E-state index contributed by atoms with van der Waals surface area (Å²) in [6.07, 6.45) is -1.52. The molecular weight excluding hydrogens is 271 g/mol. The SMILES string of the molecule is CCOC(=O)[C@H](O)[C@@H](C(C)C)P(=O)(OCC)OCC. The summed E-state index contributed by atoms with van der Waals surface area (Å²) in [7, 11) is -3.57. The molecule has 0 heterocycles. The van der Waals surface area contributed by atoms with Crippen molar-refractivity contribution in [3.8, 4) is 0 Å². The van der Waals surface area contributed by atoms with E-state index in [9.17, 15) is 14.5 Å². The van der Waals surface area contributed by atoms with Gasteiger partial charge < -0.3 is 18.9 Å². The summed E-state index contributed by atoms with van der Waals surface area (Å²) in [5.74, 6) is -1.07. The topological polar surface area (TPSA) is 82.1 Å². The minimum absolute atomic E-state index is 0.147. The number of carbonyl (C=O) groups excluding carboxylic acids is 1. The van der Waals surface area contributed by atoms with E-state index >= 15 is 0 Å². The van der Waals surface area contributed by atoms with Crippen molar-refractivity contribution in [1.82, 2.24) is 0 Å². The van der Waals surface area contributed by atoms with E-state index in [0.29, 0.717) is 0 Å². The first kappa shape index (κ1) is 18.6. The number of ether oxygens (including phenoxy) is 1. The predicted octanol–water partition coefficient (Wildman–Crippen LogP) is 2.20. The first-order chi connectivity index (χ1) is 8.83. The van der Waals surface area contributed by atoms with E-state index in [4.69, 9.17) is 13.8 Å². The van der Waals surface area contributed by atoms with Gasteiger partial charge in [0.15, 0.2) is 6.10 Å². The molecule has 2 atom stereocenters. The summed E-state index contributed by atoms with van der Waals surface area (Å²) in [5, 5.41) is 10.1. The standard InChI is InChI=1S/C12H25O6P/c1-6-16-12(14)10(13)11(9(4)5)19(15,17-7-2)18-8-3/h9-11,13H,6-8H2,1-5H3/t10-,11-/m1/s1. The van der Waals surface area contributed by atoms with Gasteiger partial charge in [0.25, 0.3) is 0 Å². The second-order valence-electron chi connectivity index (χ2n) is 4.31. The molecule has 19 heavy (non-hydrogen) atoms. The number of aliphatic hydroxyl groups excluding tert-OH is 1. The van der Waals surface area contributed by atoms with Gasteiger partial charge >= 0.3 is 13.6 Å². The van der Waals surface area contributed by atoms with Crippen LogP contribution in [0.1, 0.15) is 34.6 Å². The molecule has 0 rings (SSSR count). The fourth-order valence-electron chi connectivity index (χ4n) is 1.84. The Morgan fingerprint density at radius 1 is 1.11 bits per heavy atom. The van der Waals surface area contributed by atoms with E-state index in [0.717, 1.165) is 0 Å². The molecular formula is C12H25O6P. The van der Waals surface area contributed by atoms with Crippen LogP contribution in [0, 0.1) is 5.92 Å². The molecule has 0 saturated heterocycles. The minimum atomic E-state index is -3.57. The predicted molar refractivity (Wildman–Crippen MR) is 72.1 cm³/mol. The maximum absolute atomic E-state index is 12.7. The van der Waals surface area contributed by atoms with Gasteiger partial charge in [-0.2, -0.15) is 0 Å². The van der Waals surface area contributed by atoms with Gasteiger partial charge in [0.05, 0.1) is 19.8 Å². The number of hydrogen-bond donors (Lipinski definition) is 1. The number of carbonyl (C=O) groups is 1. The third-order valence-electron chi connectivity index (χ3n) is 2.52. The molecule has 0 aromatic heterocycles. The number of aliphatic hydroxyl groups is 1. The van der Waals surface area contributed by atoms with Crippen molar-refractivity contribution in [2.24, 2.45) is 5.92 Å². The molecule has 0 aliphatic heterocycles. The van der Waals surface area contributed by atoms with Crippen LogP contribution < -0.4 is 0 Å². The molecule has 1 N–H and O–H groups in total. The molecule has 0 saturated carbocycles. The lowest BCUT2D eigenvalue weighted by molar-refractivity contribution is -0.153. The van der Waals surface area contributed by atoms with E-state index in [1.807, 2.05) is 0 Å². The maximum atomic E-state index is 12.7. The third-order valence-corrected chi connectivity index (χ3v) is 5.36. The normalized spacial score (nSPS) is 15.3. The maximum Gasteiger partial charge on any atom is 0.337 e. The van der Waals surface area contributed by atoms with Crippen LogP contribution in [0.5, 0.6) is 0 Å². The summed E-state index contributed by atoms with van der Waals surface area (Å²) >= 11 is 0. The van der Waals surface area contributed by atoms with E-state index in [1.165, 1.54) is 0 Å². The van der Waals surface area contributed by atoms with Crippen molar-refractivity contribution < 1.29 is 28.3 Å². The molecule has 114 valence electrons. The minimum Gasteiger partial charge on any atom is -0.464 e. The Kier molecular flexibility index (Phi) is 8.50. The lowest BCUT2D eigenvalue weighted by atomic mass is 10.1. The zero-order chi connectivity index (χ0) is 15.1. The summed E-state index contributed by atoms with van der Waals surface area (Å²) in [4.78, 5) is 11.6. The van der Waals surface area contributed by atoms with Crippen LogP contribution in [0.25, 0.3) is 0 Å².